The summed E-state index contributed by atoms with van der Waals surface area (Å²) in [6.45, 7) is 2.84. The molecule has 0 amide bonds. The standard InChI is InChI=1S/C14H14Br2FNS/c1-2-18-13(8-10-4-6-14(16)19-10)11-7-9(15)3-5-12(11)17/h3-7,13,18H,2,8H2,1H3. The molecule has 1 aromatic heterocycles. The zero-order valence-corrected chi connectivity index (χ0v) is 14.4. The summed E-state index contributed by atoms with van der Waals surface area (Å²) in [6.07, 6.45) is 0.789. The lowest BCUT2D eigenvalue weighted by Gasteiger charge is -2.18. The minimum atomic E-state index is -0.162. The highest BCUT2D eigenvalue weighted by Crippen LogP contribution is 2.29. The zero-order chi connectivity index (χ0) is 13.8. The lowest BCUT2D eigenvalue weighted by Crippen LogP contribution is -2.23. The fourth-order valence-electron chi connectivity index (χ4n) is 1.98. The van der Waals surface area contributed by atoms with Gasteiger partial charge in [-0.2, -0.15) is 0 Å². The minimum Gasteiger partial charge on any atom is -0.310 e. The van der Waals surface area contributed by atoms with Crippen LogP contribution in [0.25, 0.3) is 0 Å². The van der Waals surface area contributed by atoms with Crippen LogP contribution in [0.1, 0.15) is 23.4 Å². The Morgan fingerprint density at radius 3 is 2.68 bits per heavy atom. The van der Waals surface area contributed by atoms with E-state index in [0.717, 1.165) is 21.2 Å². The molecule has 1 aromatic carbocycles. The summed E-state index contributed by atoms with van der Waals surface area (Å²) in [6, 6.07) is 9.19. The van der Waals surface area contributed by atoms with Crippen molar-refractivity contribution in [1.29, 1.82) is 0 Å². The monoisotopic (exact) mass is 405 g/mol. The van der Waals surface area contributed by atoms with Gasteiger partial charge >= 0.3 is 0 Å². The van der Waals surface area contributed by atoms with Gasteiger partial charge in [0.05, 0.1) is 3.79 Å². The smallest absolute Gasteiger partial charge is 0.128 e. The van der Waals surface area contributed by atoms with Gasteiger partial charge in [-0.25, -0.2) is 4.39 Å². The molecule has 0 radical (unpaired) electrons. The van der Waals surface area contributed by atoms with Crippen LogP contribution in [0, 0.1) is 5.82 Å². The number of rotatable bonds is 5. The molecule has 0 bridgehead atoms. The van der Waals surface area contributed by atoms with E-state index in [4.69, 9.17) is 0 Å². The van der Waals surface area contributed by atoms with Crippen LogP contribution in [0.15, 0.2) is 38.6 Å². The number of thiophene rings is 1. The number of hydrogen-bond acceptors (Lipinski definition) is 2. The Labute approximate surface area is 133 Å². The van der Waals surface area contributed by atoms with Crippen LogP contribution in [-0.4, -0.2) is 6.54 Å². The zero-order valence-electron chi connectivity index (χ0n) is 10.4. The Morgan fingerprint density at radius 2 is 2.05 bits per heavy atom. The van der Waals surface area contributed by atoms with Gasteiger partial charge in [0.1, 0.15) is 5.82 Å². The highest BCUT2D eigenvalue weighted by atomic mass is 79.9. The molecule has 0 fully saturated rings. The van der Waals surface area contributed by atoms with Crippen LogP contribution in [-0.2, 0) is 6.42 Å². The molecule has 5 heteroatoms. The van der Waals surface area contributed by atoms with Gasteiger partial charge in [0.15, 0.2) is 0 Å². The molecule has 0 aliphatic heterocycles. The molecule has 1 heterocycles. The van der Waals surface area contributed by atoms with E-state index in [1.165, 1.54) is 10.9 Å². The second-order valence-electron chi connectivity index (χ2n) is 4.19. The first-order chi connectivity index (χ1) is 9.10. The van der Waals surface area contributed by atoms with Crippen LogP contribution in [0.2, 0.25) is 0 Å². The summed E-state index contributed by atoms with van der Waals surface area (Å²) < 4.78 is 16.0. The van der Waals surface area contributed by atoms with Gasteiger partial charge in [0, 0.05) is 27.4 Å². The molecule has 0 saturated carbocycles. The van der Waals surface area contributed by atoms with Crippen molar-refractivity contribution in [2.75, 3.05) is 6.54 Å². The highest BCUT2D eigenvalue weighted by molar-refractivity contribution is 9.11. The van der Waals surface area contributed by atoms with Gasteiger partial charge < -0.3 is 5.32 Å². The van der Waals surface area contributed by atoms with Crippen molar-refractivity contribution < 1.29 is 4.39 Å². The van der Waals surface area contributed by atoms with Crippen LogP contribution >= 0.6 is 43.2 Å². The van der Waals surface area contributed by atoms with Gasteiger partial charge in [0.2, 0.25) is 0 Å². The predicted octanol–water partition coefficient (Wildman–Crippen LogP) is 5.31. The van der Waals surface area contributed by atoms with Crippen LogP contribution in [0.3, 0.4) is 0 Å². The van der Waals surface area contributed by atoms with Crippen LogP contribution < -0.4 is 5.32 Å². The van der Waals surface area contributed by atoms with Gasteiger partial charge in [-0.1, -0.05) is 22.9 Å². The van der Waals surface area contributed by atoms with Crippen molar-refractivity contribution >= 4 is 43.2 Å². The fraction of sp³-hybridized carbons (Fsp3) is 0.286. The average Bonchev–Trinajstić information content (AvgIpc) is 2.77. The van der Waals surface area contributed by atoms with Gasteiger partial charge in [0.25, 0.3) is 0 Å². The molecule has 19 heavy (non-hydrogen) atoms. The van der Waals surface area contributed by atoms with Crippen LogP contribution in [0.5, 0.6) is 0 Å². The molecule has 0 aliphatic rings. The minimum absolute atomic E-state index is 0.00644. The first kappa shape index (κ1) is 15.2. The summed E-state index contributed by atoms with van der Waals surface area (Å²) in [5.74, 6) is -0.162. The molecule has 1 atom stereocenters. The Hall–Kier alpha value is -0.230. The van der Waals surface area contributed by atoms with E-state index in [2.05, 4.69) is 43.2 Å². The quantitative estimate of drug-likeness (QED) is 0.709. The lowest BCUT2D eigenvalue weighted by atomic mass is 10.0. The molecule has 102 valence electrons. The molecular weight excluding hydrogens is 393 g/mol. The first-order valence-corrected chi connectivity index (χ1v) is 8.43. The van der Waals surface area contributed by atoms with Gasteiger partial charge in [-0.3, -0.25) is 0 Å². The van der Waals surface area contributed by atoms with E-state index >= 15 is 0 Å². The first-order valence-electron chi connectivity index (χ1n) is 6.02. The predicted molar refractivity (Wildman–Crippen MR) is 86.2 cm³/mol. The molecule has 2 aromatic rings. The fourth-order valence-corrected chi connectivity index (χ4v) is 3.89. The number of nitrogens with one attached hydrogen (secondary N) is 1. The molecule has 1 unspecified atom stereocenters. The maximum atomic E-state index is 14.0. The number of halogens is 3. The molecular formula is C14H14Br2FNS. The number of benzene rings is 1. The van der Waals surface area contributed by atoms with Crippen LogP contribution in [0.4, 0.5) is 4.39 Å². The molecule has 0 aliphatic carbocycles. The Balaban J connectivity index is 2.26. The normalized spacial score (nSPS) is 12.6. The summed E-state index contributed by atoms with van der Waals surface area (Å²) in [5, 5.41) is 3.36. The summed E-state index contributed by atoms with van der Waals surface area (Å²) in [4.78, 5) is 1.23. The van der Waals surface area contributed by atoms with Crippen molar-refractivity contribution in [3.8, 4) is 0 Å². The van der Waals surface area contributed by atoms with E-state index in [9.17, 15) is 4.39 Å². The SMILES string of the molecule is CCNC(Cc1ccc(Br)s1)c1cc(Br)ccc1F. The van der Waals surface area contributed by atoms with Crippen molar-refractivity contribution in [1.82, 2.24) is 5.32 Å². The van der Waals surface area contributed by atoms with Crippen molar-refractivity contribution in [2.45, 2.75) is 19.4 Å². The van der Waals surface area contributed by atoms with Crippen molar-refractivity contribution in [2.24, 2.45) is 0 Å². The molecule has 0 spiro atoms. The number of hydrogen-bond donors (Lipinski definition) is 1. The lowest BCUT2D eigenvalue weighted by molar-refractivity contribution is 0.512. The summed E-state index contributed by atoms with van der Waals surface area (Å²) in [7, 11) is 0. The van der Waals surface area contributed by atoms with E-state index in [0.29, 0.717) is 5.56 Å². The second-order valence-corrected chi connectivity index (χ2v) is 7.65. The van der Waals surface area contributed by atoms with E-state index < -0.39 is 0 Å². The maximum absolute atomic E-state index is 14.0. The molecule has 1 N–H and O–H groups in total. The third-order valence-electron chi connectivity index (χ3n) is 2.82. The second kappa shape index (κ2) is 6.97. The molecule has 2 rings (SSSR count). The Bertz CT molecular complexity index is 556. The maximum Gasteiger partial charge on any atom is 0.128 e. The molecule has 1 nitrogen and oxygen atoms in total. The van der Waals surface area contributed by atoms with Crippen molar-refractivity contribution in [3.05, 3.63) is 54.8 Å². The summed E-state index contributed by atoms with van der Waals surface area (Å²) >= 11 is 8.55. The third kappa shape index (κ3) is 4.12. The topological polar surface area (TPSA) is 12.0 Å². The van der Waals surface area contributed by atoms with Gasteiger partial charge in [-0.05, 0) is 52.8 Å². The van der Waals surface area contributed by atoms with Gasteiger partial charge in [-0.15, -0.1) is 11.3 Å². The highest BCUT2D eigenvalue weighted by Gasteiger charge is 2.16. The van der Waals surface area contributed by atoms with E-state index in [1.807, 2.05) is 19.1 Å². The van der Waals surface area contributed by atoms with E-state index in [-0.39, 0.29) is 11.9 Å². The molecule has 0 saturated heterocycles. The van der Waals surface area contributed by atoms with Crippen molar-refractivity contribution in [3.63, 3.8) is 0 Å². The Morgan fingerprint density at radius 1 is 1.26 bits per heavy atom. The summed E-state index contributed by atoms with van der Waals surface area (Å²) in [5.41, 5.74) is 0.709. The largest absolute Gasteiger partial charge is 0.310 e. The average molecular weight is 407 g/mol. The number of likely N-dealkylation sites (N-methyl/N-ethyl adjacent to an activating group) is 1. The van der Waals surface area contributed by atoms with E-state index in [1.54, 1.807) is 17.4 Å². The Kier molecular flexibility index (Phi) is 5.57. The third-order valence-corrected chi connectivity index (χ3v) is 4.96.